The lowest BCUT2D eigenvalue weighted by Crippen LogP contribution is -2.41. The molecular formula is C12H23N. The lowest BCUT2D eigenvalue weighted by Gasteiger charge is -2.50. The summed E-state index contributed by atoms with van der Waals surface area (Å²) in [6, 6.07) is 0. The van der Waals surface area contributed by atoms with Crippen LogP contribution in [0.25, 0.3) is 0 Å². The van der Waals surface area contributed by atoms with Gasteiger partial charge in [-0.25, -0.2) is 0 Å². The van der Waals surface area contributed by atoms with Crippen molar-refractivity contribution in [1.29, 1.82) is 0 Å². The van der Waals surface area contributed by atoms with Crippen molar-refractivity contribution < 1.29 is 0 Å². The van der Waals surface area contributed by atoms with E-state index in [1.807, 2.05) is 0 Å². The van der Waals surface area contributed by atoms with E-state index in [1.165, 1.54) is 51.5 Å². The van der Waals surface area contributed by atoms with Crippen LogP contribution in [0.1, 0.15) is 51.9 Å². The highest BCUT2D eigenvalue weighted by Crippen LogP contribution is 2.55. The van der Waals surface area contributed by atoms with Crippen LogP contribution in [0.2, 0.25) is 0 Å². The first-order chi connectivity index (χ1) is 6.18. The molecule has 0 aromatic rings. The SMILES string of the molecule is CNCC1(C)CCC2(CCC2)CC1. The summed E-state index contributed by atoms with van der Waals surface area (Å²) in [5.41, 5.74) is 1.43. The topological polar surface area (TPSA) is 12.0 Å². The van der Waals surface area contributed by atoms with E-state index in [4.69, 9.17) is 0 Å². The van der Waals surface area contributed by atoms with Crippen LogP contribution >= 0.6 is 0 Å². The maximum absolute atomic E-state index is 3.34. The summed E-state index contributed by atoms with van der Waals surface area (Å²) in [5, 5.41) is 3.34. The third-order valence-electron chi connectivity index (χ3n) is 4.54. The van der Waals surface area contributed by atoms with Crippen LogP contribution in [0.5, 0.6) is 0 Å². The summed E-state index contributed by atoms with van der Waals surface area (Å²) < 4.78 is 0. The predicted octanol–water partition coefficient (Wildman–Crippen LogP) is 2.96. The second-order valence-corrected chi connectivity index (χ2v) is 5.69. The third kappa shape index (κ3) is 1.76. The minimum Gasteiger partial charge on any atom is -0.319 e. The van der Waals surface area contributed by atoms with Crippen LogP contribution in [-0.2, 0) is 0 Å². The molecule has 2 aliphatic rings. The zero-order valence-corrected chi connectivity index (χ0v) is 9.16. The fraction of sp³-hybridized carbons (Fsp3) is 1.00. The second-order valence-electron chi connectivity index (χ2n) is 5.69. The van der Waals surface area contributed by atoms with Gasteiger partial charge in [-0.1, -0.05) is 13.3 Å². The standard InChI is InChI=1S/C12H23N/c1-11(10-13-2)6-8-12(9-7-11)4-3-5-12/h13H,3-10H2,1-2H3. The van der Waals surface area contributed by atoms with Crippen molar-refractivity contribution in [2.24, 2.45) is 10.8 Å². The van der Waals surface area contributed by atoms with Gasteiger partial charge in [0.25, 0.3) is 0 Å². The Balaban J connectivity index is 1.87. The fourth-order valence-electron chi connectivity index (χ4n) is 3.16. The van der Waals surface area contributed by atoms with Crippen LogP contribution in [0.3, 0.4) is 0 Å². The quantitative estimate of drug-likeness (QED) is 0.690. The molecule has 0 unspecified atom stereocenters. The van der Waals surface area contributed by atoms with Gasteiger partial charge in [0.1, 0.15) is 0 Å². The molecule has 2 fully saturated rings. The van der Waals surface area contributed by atoms with Crippen molar-refractivity contribution in [2.75, 3.05) is 13.6 Å². The Morgan fingerprint density at radius 2 is 1.62 bits per heavy atom. The van der Waals surface area contributed by atoms with E-state index < -0.39 is 0 Å². The third-order valence-corrected chi connectivity index (χ3v) is 4.54. The maximum atomic E-state index is 3.34. The lowest BCUT2D eigenvalue weighted by molar-refractivity contribution is 0.0227. The van der Waals surface area contributed by atoms with E-state index in [9.17, 15) is 0 Å². The van der Waals surface area contributed by atoms with Gasteiger partial charge in [-0.15, -0.1) is 0 Å². The van der Waals surface area contributed by atoms with Gasteiger partial charge in [0.05, 0.1) is 0 Å². The molecule has 0 bridgehead atoms. The van der Waals surface area contributed by atoms with Gasteiger partial charge in [0.2, 0.25) is 0 Å². The summed E-state index contributed by atoms with van der Waals surface area (Å²) in [4.78, 5) is 0. The minimum atomic E-state index is 0.607. The van der Waals surface area contributed by atoms with Gasteiger partial charge in [-0.05, 0) is 56.4 Å². The fourth-order valence-corrected chi connectivity index (χ4v) is 3.16. The van der Waals surface area contributed by atoms with E-state index in [2.05, 4.69) is 19.3 Å². The van der Waals surface area contributed by atoms with Crippen molar-refractivity contribution in [2.45, 2.75) is 51.9 Å². The van der Waals surface area contributed by atoms with Crippen LogP contribution in [0.15, 0.2) is 0 Å². The molecule has 0 aromatic heterocycles. The zero-order valence-electron chi connectivity index (χ0n) is 9.16. The normalized spacial score (nSPS) is 30.0. The van der Waals surface area contributed by atoms with Crippen molar-refractivity contribution in [3.8, 4) is 0 Å². The van der Waals surface area contributed by atoms with Crippen molar-refractivity contribution in [1.82, 2.24) is 5.32 Å². The van der Waals surface area contributed by atoms with Gasteiger partial charge in [-0.3, -0.25) is 0 Å². The first-order valence-corrected chi connectivity index (χ1v) is 5.83. The second kappa shape index (κ2) is 3.27. The molecule has 0 aromatic carbocycles. The van der Waals surface area contributed by atoms with E-state index in [1.54, 1.807) is 0 Å². The Kier molecular flexibility index (Phi) is 2.39. The first kappa shape index (κ1) is 9.51. The Bertz CT molecular complexity index is 172. The molecule has 0 atom stereocenters. The summed E-state index contributed by atoms with van der Waals surface area (Å²) in [5.74, 6) is 0. The molecule has 0 saturated heterocycles. The molecule has 2 saturated carbocycles. The monoisotopic (exact) mass is 181 g/mol. The predicted molar refractivity (Wildman–Crippen MR) is 56.8 cm³/mol. The molecule has 76 valence electrons. The molecule has 0 aliphatic heterocycles. The molecule has 1 spiro atoms. The lowest BCUT2D eigenvalue weighted by atomic mass is 9.56. The van der Waals surface area contributed by atoms with Gasteiger partial charge in [0.15, 0.2) is 0 Å². The highest BCUT2D eigenvalue weighted by molar-refractivity contribution is 4.95. The van der Waals surface area contributed by atoms with E-state index in [-0.39, 0.29) is 0 Å². The Hall–Kier alpha value is -0.0400. The molecule has 2 aliphatic carbocycles. The van der Waals surface area contributed by atoms with E-state index >= 15 is 0 Å². The molecule has 1 nitrogen and oxygen atoms in total. The summed E-state index contributed by atoms with van der Waals surface area (Å²) in [6.07, 6.45) is 10.5. The molecular weight excluding hydrogens is 158 g/mol. The number of rotatable bonds is 2. The first-order valence-electron chi connectivity index (χ1n) is 5.83. The average molecular weight is 181 g/mol. The highest BCUT2D eigenvalue weighted by atomic mass is 14.8. The molecule has 0 heterocycles. The highest BCUT2D eigenvalue weighted by Gasteiger charge is 2.43. The Morgan fingerprint density at radius 3 is 2.00 bits per heavy atom. The Labute approximate surface area is 82.3 Å². The Morgan fingerprint density at radius 1 is 1.00 bits per heavy atom. The van der Waals surface area contributed by atoms with Crippen LogP contribution < -0.4 is 5.32 Å². The number of hydrogen-bond acceptors (Lipinski definition) is 1. The largest absolute Gasteiger partial charge is 0.319 e. The number of hydrogen-bond donors (Lipinski definition) is 1. The van der Waals surface area contributed by atoms with Gasteiger partial charge < -0.3 is 5.32 Å². The summed E-state index contributed by atoms with van der Waals surface area (Å²) in [6.45, 7) is 3.66. The van der Waals surface area contributed by atoms with Crippen LogP contribution in [-0.4, -0.2) is 13.6 Å². The van der Waals surface area contributed by atoms with Crippen LogP contribution in [0.4, 0.5) is 0 Å². The van der Waals surface area contributed by atoms with Crippen molar-refractivity contribution >= 4 is 0 Å². The molecule has 2 rings (SSSR count). The minimum absolute atomic E-state index is 0.607. The number of nitrogens with one attached hydrogen (secondary N) is 1. The molecule has 1 N–H and O–H groups in total. The van der Waals surface area contributed by atoms with E-state index in [0.717, 1.165) is 5.41 Å². The summed E-state index contributed by atoms with van der Waals surface area (Å²) >= 11 is 0. The van der Waals surface area contributed by atoms with Crippen LogP contribution in [0, 0.1) is 10.8 Å². The maximum Gasteiger partial charge on any atom is 0.000216 e. The smallest absolute Gasteiger partial charge is 0.000216 e. The van der Waals surface area contributed by atoms with Gasteiger partial charge >= 0.3 is 0 Å². The zero-order chi connectivity index (χ0) is 9.36. The molecule has 13 heavy (non-hydrogen) atoms. The van der Waals surface area contributed by atoms with Crippen molar-refractivity contribution in [3.05, 3.63) is 0 Å². The summed E-state index contributed by atoms with van der Waals surface area (Å²) in [7, 11) is 2.08. The average Bonchev–Trinajstić information content (AvgIpc) is 2.03. The molecule has 1 heteroatoms. The van der Waals surface area contributed by atoms with Crippen molar-refractivity contribution in [3.63, 3.8) is 0 Å². The molecule has 0 radical (unpaired) electrons. The molecule has 0 amide bonds. The van der Waals surface area contributed by atoms with Gasteiger partial charge in [-0.2, -0.15) is 0 Å². The van der Waals surface area contributed by atoms with Gasteiger partial charge in [0, 0.05) is 6.54 Å². The van der Waals surface area contributed by atoms with E-state index in [0.29, 0.717) is 5.41 Å².